The predicted molar refractivity (Wildman–Crippen MR) is 37.3 cm³/mol. The molecule has 0 aliphatic rings. The number of halogens is 1. The van der Waals surface area contributed by atoms with Gasteiger partial charge in [-0.05, 0) is 6.92 Å². The van der Waals surface area contributed by atoms with E-state index in [9.17, 15) is 4.39 Å². The highest BCUT2D eigenvalue weighted by Crippen LogP contribution is 1.89. The molecule has 0 saturated heterocycles. The van der Waals surface area contributed by atoms with Crippen molar-refractivity contribution in [1.82, 2.24) is 0 Å². The maximum Gasteiger partial charge on any atom is 0.124 e. The van der Waals surface area contributed by atoms with Crippen molar-refractivity contribution in [1.29, 1.82) is 0 Å². The molecule has 0 amide bonds. The Hall–Kier alpha value is -0.840. The van der Waals surface area contributed by atoms with E-state index in [0.717, 1.165) is 0 Å². The van der Waals surface area contributed by atoms with E-state index in [1.165, 1.54) is 6.21 Å². The van der Waals surface area contributed by atoms with E-state index < -0.39 is 6.67 Å². The van der Waals surface area contributed by atoms with Crippen LogP contribution in [0.1, 0.15) is 6.92 Å². The summed E-state index contributed by atoms with van der Waals surface area (Å²) in [4.78, 5) is 3.72. The molecule has 50 valence electrons. The van der Waals surface area contributed by atoms with Gasteiger partial charge in [0.25, 0.3) is 0 Å². The maximum absolute atomic E-state index is 11.3. The number of alkyl halides is 1. The summed E-state index contributed by atoms with van der Waals surface area (Å²) in [6, 6.07) is 0. The van der Waals surface area contributed by atoms with E-state index in [4.69, 9.17) is 6.42 Å². The summed E-state index contributed by atoms with van der Waals surface area (Å²) in [6.07, 6.45) is 6.27. The predicted octanol–water partition coefficient (Wildman–Crippen LogP) is 1.30. The molecule has 0 aromatic carbocycles. The average Bonchev–Trinajstić information content (AvgIpc) is 1.89. The molecule has 0 aliphatic heterocycles. The molecule has 0 saturated carbocycles. The van der Waals surface area contributed by atoms with Crippen LogP contribution >= 0.6 is 0 Å². The average molecular weight is 127 g/mol. The molecular weight excluding hydrogens is 117 g/mol. The van der Waals surface area contributed by atoms with Crippen LogP contribution in [0, 0.1) is 18.3 Å². The molecule has 0 radical (unpaired) electrons. The molecule has 9 heavy (non-hydrogen) atoms. The Morgan fingerprint density at radius 1 is 1.89 bits per heavy atom. The smallest absolute Gasteiger partial charge is 0.124 e. The van der Waals surface area contributed by atoms with Crippen LogP contribution in [0.5, 0.6) is 0 Å². The van der Waals surface area contributed by atoms with Crippen molar-refractivity contribution in [2.45, 2.75) is 6.92 Å². The highest BCUT2D eigenvalue weighted by atomic mass is 19.1. The third-order valence-corrected chi connectivity index (χ3v) is 0.862. The minimum Gasteiger partial charge on any atom is -0.294 e. The molecule has 0 N–H and O–H groups in total. The van der Waals surface area contributed by atoms with Crippen molar-refractivity contribution in [3.8, 4) is 12.3 Å². The second-order valence-electron chi connectivity index (χ2n) is 1.77. The van der Waals surface area contributed by atoms with Crippen molar-refractivity contribution in [2.75, 3.05) is 13.2 Å². The summed E-state index contributed by atoms with van der Waals surface area (Å²) in [5.41, 5.74) is 0. The van der Waals surface area contributed by atoms with Crippen LogP contribution in [0.3, 0.4) is 0 Å². The zero-order chi connectivity index (χ0) is 7.11. The van der Waals surface area contributed by atoms with Gasteiger partial charge in [0.05, 0.1) is 6.54 Å². The first-order chi connectivity index (χ1) is 4.31. The first-order valence-electron chi connectivity index (χ1n) is 2.81. The highest BCUT2D eigenvalue weighted by Gasteiger charge is 1.90. The standard InChI is InChI=1S/C7H10FN/c1-3-7(2)6-9-5-4-8/h1,5,7H,4,6H2,2H3/t7-/m0/s1. The SMILES string of the molecule is C#C[C@H](C)CN=CCF. The summed E-state index contributed by atoms with van der Waals surface area (Å²) >= 11 is 0. The van der Waals surface area contributed by atoms with Gasteiger partial charge >= 0.3 is 0 Å². The molecule has 0 unspecified atom stereocenters. The lowest BCUT2D eigenvalue weighted by Crippen LogP contribution is -1.94. The van der Waals surface area contributed by atoms with Gasteiger partial charge in [-0.2, -0.15) is 0 Å². The van der Waals surface area contributed by atoms with Gasteiger partial charge < -0.3 is 0 Å². The number of hydrogen-bond donors (Lipinski definition) is 0. The maximum atomic E-state index is 11.3. The normalized spacial score (nSPS) is 13.4. The minimum atomic E-state index is -0.503. The van der Waals surface area contributed by atoms with Gasteiger partial charge in [0.1, 0.15) is 6.67 Å². The highest BCUT2D eigenvalue weighted by molar-refractivity contribution is 5.58. The lowest BCUT2D eigenvalue weighted by atomic mass is 10.2. The second-order valence-corrected chi connectivity index (χ2v) is 1.77. The third kappa shape index (κ3) is 5.02. The lowest BCUT2D eigenvalue weighted by molar-refractivity contribution is 0.585. The zero-order valence-electron chi connectivity index (χ0n) is 5.47. The summed E-state index contributed by atoms with van der Waals surface area (Å²) in [6.45, 7) is 1.90. The van der Waals surface area contributed by atoms with Crippen LogP contribution in [0.2, 0.25) is 0 Å². The monoisotopic (exact) mass is 127 g/mol. The lowest BCUT2D eigenvalue weighted by Gasteiger charge is -1.94. The minimum absolute atomic E-state index is 0.118. The van der Waals surface area contributed by atoms with E-state index in [-0.39, 0.29) is 5.92 Å². The van der Waals surface area contributed by atoms with Gasteiger partial charge in [-0.3, -0.25) is 4.99 Å². The summed E-state index contributed by atoms with van der Waals surface area (Å²) in [5.74, 6) is 2.61. The summed E-state index contributed by atoms with van der Waals surface area (Å²) in [5, 5.41) is 0. The number of hydrogen-bond acceptors (Lipinski definition) is 1. The van der Waals surface area contributed by atoms with Gasteiger partial charge in [-0.1, -0.05) is 0 Å². The number of aliphatic imine (C=N–C) groups is 1. The fourth-order valence-corrected chi connectivity index (χ4v) is 0.334. The van der Waals surface area contributed by atoms with Gasteiger partial charge in [0, 0.05) is 12.1 Å². The van der Waals surface area contributed by atoms with Crippen molar-refractivity contribution in [3.63, 3.8) is 0 Å². The Morgan fingerprint density at radius 2 is 2.56 bits per heavy atom. The molecule has 1 nitrogen and oxygen atoms in total. The molecule has 0 bridgehead atoms. The van der Waals surface area contributed by atoms with Crippen LogP contribution in [0.25, 0.3) is 0 Å². The largest absolute Gasteiger partial charge is 0.294 e. The topological polar surface area (TPSA) is 12.4 Å². The second kappa shape index (κ2) is 5.30. The van der Waals surface area contributed by atoms with Crippen molar-refractivity contribution < 1.29 is 4.39 Å². The summed E-state index contributed by atoms with van der Waals surface area (Å²) < 4.78 is 11.3. The molecule has 0 fully saturated rings. The van der Waals surface area contributed by atoms with Gasteiger partial charge in [-0.25, -0.2) is 4.39 Å². The Morgan fingerprint density at radius 3 is 3.00 bits per heavy atom. The Kier molecular flexibility index (Phi) is 4.81. The fourth-order valence-electron chi connectivity index (χ4n) is 0.334. The first-order valence-corrected chi connectivity index (χ1v) is 2.81. The molecule has 0 rings (SSSR count). The molecule has 0 spiro atoms. The van der Waals surface area contributed by atoms with Crippen LogP contribution < -0.4 is 0 Å². The van der Waals surface area contributed by atoms with Crippen LogP contribution in [-0.4, -0.2) is 19.4 Å². The number of rotatable bonds is 3. The van der Waals surface area contributed by atoms with Crippen molar-refractivity contribution in [2.24, 2.45) is 10.9 Å². The number of nitrogens with zero attached hydrogens (tertiary/aromatic N) is 1. The third-order valence-electron chi connectivity index (χ3n) is 0.862. The van der Waals surface area contributed by atoms with Gasteiger partial charge in [0.15, 0.2) is 0 Å². The molecule has 2 heteroatoms. The van der Waals surface area contributed by atoms with Crippen LogP contribution in [0.4, 0.5) is 4.39 Å². The quantitative estimate of drug-likeness (QED) is 0.400. The molecule has 0 aromatic rings. The van der Waals surface area contributed by atoms with Crippen molar-refractivity contribution in [3.05, 3.63) is 0 Å². The van der Waals surface area contributed by atoms with E-state index in [1.807, 2.05) is 6.92 Å². The Labute approximate surface area is 55.0 Å². The zero-order valence-corrected chi connectivity index (χ0v) is 5.47. The molecular formula is C7H10FN. The van der Waals surface area contributed by atoms with Gasteiger partial charge in [-0.15, -0.1) is 12.3 Å². The molecule has 0 aromatic heterocycles. The summed E-state index contributed by atoms with van der Waals surface area (Å²) in [7, 11) is 0. The molecule has 1 atom stereocenters. The van der Waals surface area contributed by atoms with E-state index in [0.29, 0.717) is 6.54 Å². The first kappa shape index (κ1) is 8.16. The molecule has 0 aliphatic carbocycles. The van der Waals surface area contributed by atoms with Crippen LogP contribution in [-0.2, 0) is 0 Å². The van der Waals surface area contributed by atoms with Crippen LogP contribution in [0.15, 0.2) is 4.99 Å². The van der Waals surface area contributed by atoms with Gasteiger partial charge in [0.2, 0.25) is 0 Å². The van der Waals surface area contributed by atoms with E-state index in [1.54, 1.807) is 0 Å². The Bertz CT molecular complexity index is 123. The fraction of sp³-hybridized carbons (Fsp3) is 0.571. The van der Waals surface area contributed by atoms with E-state index >= 15 is 0 Å². The Balaban J connectivity index is 3.29. The van der Waals surface area contributed by atoms with E-state index in [2.05, 4.69) is 10.9 Å². The molecule has 0 heterocycles. The number of terminal acetylenes is 1. The van der Waals surface area contributed by atoms with Crippen molar-refractivity contribution >= 4 is 6.21 Å².